The van der Waals surface area contributed by atoms with Gasteiger partial charge in [0.2, 0.25) is 0 Å². The van der Waals surface area contributed by atoms with Crippen LogP contribution in [0.4, 0.5) is 4.79 Å². The lowest BCUT2D eigenvalue weighted by Gasteiger charge is -2.23. The molecule has 0 amide bonds. The zero-order valence-corrected chi connectivity index (χ0v) is 15.0. The van der Waals surface area contributed by atoms with Crippen LogP contribution in [0.3, 0.4) is 0 Å². The van der Waals surface area contributed by atoms with Crippen LogP contribution in [-0.4, -0.2) is 42.9 Å². The van der Waals surface area contributed by atoms with Crippen molar-refractivity contribution in [1.82, 2.24) is 0 Å². The number of hydrogen-bond donors (Lipinski definition) is 0. The molecule has 0 heterocycles. The van der Waals surface area contributed by atoms with Crippen molar-refractivity contribution >= 4 is 41.8 Å². The molecule has 21 heavy (non-hydrogen) atoms. The standard InChI is InChI=1S/C13H23BO5S2/c1-7(2)12(15)17-8(3)10(5)20-21-11(6)9(4)18-13(16)19-14/h8-11H,1,14H2,2-6H3. The van der Waals surface area contributed by atoms with Gasteiger partial charge in [-0.15, -0.1) is 0 Å². The Morgan fingerprint density at radius 2 is 1.43 bits per heavy atom. The number of carbonyl (C=O) groups is 2. The van der Waals surface area contributed by atoms with Crippen LogP contribution in [0.15, 0.2) is 12.2 Å². The maximum absolute atomic E-state index is 11.4. The summed E-state index contributed by atoms with van der Waals surface area (Å²) in [5.41, 5.74) is 0.389. The van der Waals surface area contributed by atoms with E-state index in [4.69, 9.17) is 9.47 Å². The van der Waals surface area contributed by atoms with Gasteiger partial charge in [0.25, 0.3) is 0 Å². The average Bonchev–Trinajstić information content (AvgIpc) is 2.43. The van der Waals surface area contributed by atoms with Gasteiger partial charge in [-0.05, 0) is 34.6 Å². The quantitative estimate of drug-likeness (QED) is 0.293. The van der Waals surface area contributed by atoms with Crippen molar-refractivity contribution in [2.24, 2.45) is 0 Å². The average molecular weight is 334 g/mol. The summed E-state index contributed by atoms with van der Waals surface area (Å²) in [6, 6.07) is 0. The van der Waals surface area contributed by atoms with Crippen molar-refractivity contribution in [1.29, 1.82) is 0 Å². The van der Waals surface area contributed by atoms with Gasteiger partial charge in [0.05, 0.1) is 0 Å². The Balaban J connectivity index is 4.16. The van der Waals surface area contributed by atoms with Crippen LogP contribution in [0.5, 0.6) is 0 Å². The van der Waals surface area contributed by atoms with E-state index in [0.717, 1.165) is 0 Å². The number of esters is 1. The van der Waals surface area contributed by atoms with Crippen LogP contribution in [0.25, 0.3) is 0 Å². The fourth-order valence-electron chi connectivity index (χ4n) is 0.993. The zero-order chi connectivity index (χ0) is 16.6. The van der Waals surface area contributed by atoms with E-state index >= 15 is 0 Å². The molecule has 0 aromatic carbocycles. The molecule has 0 fully saturated rings. The third-order valence-electron chi connectivity index (χ3n) is 2.77. The first-order chi connectivity index (χ1) is 9.68. The maximum Gasteiger partial charge on any atom is 0.489 e. The molecule has 120 valence electrons. The van der Waals surface area contributed by atoms with E-state index in [0.29, 0.717) is 5.57 Å². The summed E-state index contributed by atoms with van der Waals surface area (Å²) in [6.07, 6.45) is -1.18. The maximum atomic E-state index is 11.4. The fourth-order valence-corrected chi connectivity index (χ4v) is 3.76. The molecule has 0 N–H and O–H groups in total. The van der Waals surface area contributed by atoms with Gasteiger partial charge in [0, 0.05) is 16.1 Å². The molecule has 4 unspecified atom stereocenters. The number of hydrogen-bond acceptors (Lipinski definition) is 7. The summed E-state index contributed by atoms with van der Waals surface area (Å²) in [5, 5.41) is 0.187. The lowest BCUT2D eigenvalue weighted by atomic mass is 10.3. The van der Waals surface area contributed by atoms with E-state index in [1.54, 1.807) is 28.5 Å². The lowest BCUT2D eigenvalue weighted by Crippen LogP contribution is -2.26. The van der Waals surface area contributed by atoms with Gasteiger partial charge in [0.15, 0.2) is 0 Å². The molecule has 0 saturated heterocycles. The van der Waals surface area contributed by atoms with E-state index in [2.05, 4.69) is 11.2 Å². The van der Waals surface area contributed by atoms with Crippen LogP contribution in [0.2, 0.25) is 0 Å². The van der Waals surface area contributed by atoms with E-state index in [9.17, 15) is 9.59 Å². The van der Waals surface area contributed by atoms with Crippen LogP contribution in [0, 0.1) is 0 Å². The van der Waals surface area contributed by atoms with Crippen molar-refractivity contribution in [3.05, 3.63) is 12.2 Å². The van der Waals surface area contributed by atoms with Crippen molar-refractivity contribution in [3.8, 4) is 0 Å². The molecule has 0 radical (unpaired) electrons. The van der Waals surface area contributed by atoms with Crippen LogP contribution in [-0.2, 0) is 18.9 Å². The van der Waals surface area contributed by atoms with Crippen LogP contribution in [0.1, 0.15) is 34.6 Å². The second-order valence-corrected chi connectivity index (χ2v) is 7.80. The monoisotopic (exact) mass is 334 g/mol. The minimum Gasteiger partial charge on any atom is -0.513 e. The molecule has 0 spiro atoms. The summed E-state index contributed by atoms with van der Waals surface area (Å²) in [5.74, 6) is -0.379. The predicted molar refractivity (Wildman–Crippen MR) is 90.0 cm³/mol. The molecule has 4 atom stereocenters. The van der Waals surface area contributed by atoms with Crippen molar-refractivity contribution in [2.45, 2.75) is 57.3 Å². The van der Waals surface area contributed by atoms with E-state index in [-0.39, 0.29) is 28.7 Å². The number of rotatable bonds is 8. The summed E-state index contributed by atoms with van der Waals surface area (Å²) >= 11 is 0. The Hall–Kier alpha value is -0.755. The topological polar surface area (TPSA) is 61.8 Å². The molecular weight excluding hydrogens is 311 g/mol. The number of ether oxygens (including phenoxy) is 2. The third-order valence-corrected chi connectivity index (χ3v) is 6.41. The molecule has 0 bridgehead atoms. The van der Waals surface area contributed by atoms with Gasteiger partial charge in [-0.1, -0.05) is 28.2 Å². The summed E-state index contributed by atoms with van der Waals surface area (Å²) in [7, 11) is 4.45. The lowest BCUT2D eigenvalue weighted by molar-refractivity contribution is -0.143. The molecule has 5 nitrogen and oxygen atoms in total. The Bertz CT molecular complexity index is 378. The second kappa shape index (κ2) is 10.1. The van der Waals surface area contributed by atoms with Gasteiger partial charge in [-0.3, -0.25) is 0 Å². The van der Waals surface area contributed by atoms with Crippen molar-refractivity contribution < 1.29 is 23.7 Å². The first-order valence-corrected chi connectivity index (χ1v) is 8.89. The van der Waals surface area contributed by atoms with E-state index < -0.39 is 6.16 Å². The zero-order valence-electron chi connectivity index (χ0n) is 13.4. The Kier molecular flexibility index (Phi) is 9.69. The van der Waals surface area contributed by atoms with Crippen molar-refractivity contribution in [2.75, 3.05) is 0 Å². The first kappa shape index (κ1) is 20.2. The largest absolute Gasteiger partial charge is 0.513 e. The highest BCUT2D eigenvalue weighted by atomic mass is 33.1. The van der Waals surface area contributed by atoms with E-state index in [1.165, 1.54) is 8.05 Å². The van der Waals surface area contributed by atoms with Gasteiger partial charge < -0.3 is 14.1 Å². The Labute approximate surface area is 135 Å². The molecule has 0 aromatic heterocycles. The van der Waals surface area contributed by atoms with Gasteiger partial charge in [-0.2, -0.15) is 0 Å². The smallest absolute Gasteiger partial charge is 0.489 e. The normalized spacial score (nSPS) is 16.2. The molecule has 0 aliphatic heterocycles. The highest BCUT2D eigenvalue weighted by Crippen LogP contribution is 2.35. The van der Waals surface area contributed by atoms with E-state index in [1.807, 2.05) is 27.7 Å². The summed E-state index contributed by atoms with van der Waals surface area (Å²) in [6.45, 7) is 12.8. The van der Waals surface area contributed by atoms with Crippen molar-refractivity contribution in [3.63, 3.8) is 0 Å². The van der Waals surface area contributed by atoms with Crippen LogP contribution >= 0.6 is 21.6 Å². The molecule has 0 aliphatic carbocycles. The van der Waals surface area contributed by atoms with Crippen LogP contribution < -0.4 is 0 Å². The molecule has 8 heteroatoms. The molecule has 0 saturated carbocycles. The highest BCUT2D eigenvalue weighted by molar-refractivity contribution is 8.77. The fraction of sp³-hybridized carbons (Fsp3) is 0.692. The Morgan fingerprint density at radius 1 is 1.00 bits per heavy atom. The first-order valence-electron chi connectivity index (χ1n) is 6.62. The second-order valence-electron chi connectivity index (χ2n) is 4.77. The minimum absolute atomic E-state index is 0.0839. The molecular formula is C13H23BO5S2. The summed E-state index contributed by atoms with van der Waals surface area (Å²) in [4.78, 5) is 22.5. The summed E-state index contributed by atoms with van der Waals surface area (Å²) < 4.78 is 14.8. The van der Waals surface area contributed by atoms with Gasteiger partial charge in [-0.25, -0.2) is 9.59 Å². The molecule has 0 aromatic rings. The number of carbonyl (C=O) groups excluding carboxylic acids is 2. The molecule has 0 aliphatic rings. The third kappa shape index (κ3) is 8.31. The van der Waals surface area contributed by atoms with Gasteiger partial charge in [0.1, 0.15) is 12.2 Å². The van der Waals surface area contributed by atoms with Gasteiger partial charge >= 0.3 is 20.2 Å². The molecule has 0 rings (SSSR count). The predicted octanol–water partition coefficient (Wildman–Crippen LogP) is 2.74. The highest BCUT2D eigenvalue weighted by Gasteiger charge is 2.22. The Morgan fingerprint density at radius 3 is 1.81 bits per heavy atom. The SMILES string of the molecule is BOC(=O)OC(C)C(C)SSC(C)C(C)OC(=O)C(=C)C. The minimum atomic E-state index is -0.684.